The minimum atomic E-state index is -4.34. The minimum absolute atomic E-state index is 0.0113. The van der Waals surface area contributed by atoms with Crippen LogP contribution >= 0.6 is 11.3 Å². The first-order valence-corrected chi connectivity index (χ1v) is 42.1. The first-order chi connectivity index (χ1) is 57.0. The summed E-state index contributed by atoms with van der Waals surface area (Å²) < 4.78 is 62.3. The number of urea groups is 1. The molecule has 4 aliphatic carbocycles. The molecule has 4 fully saturated rings. The molecule has 7 aromatic rings. The standard InChI is InChI=1S/C80H104N20O18S2/c1-48(2)67(89-63(101)24-30-115-32-28-97-64(102)22-23-65(97)103)72(107)86-60(16-12-25-82-74(81)110)71(106)85-53-19-18-51(52(34-53)39-116-40-54-37-98(95-91-54)55(35-66(104)105)41-117-76(111)94-120(112,113)84-26-31-114-9)38-100(7,8)29-33-118-80-44-77(5)42-78(6,45-80)79(43-77,46-80)47-99-50(4)58(36-83-99)57-20-21-62(88-68(57)73(108)109)96-27-13-14-56-49(3)69(92-93-70(56)96)90-75-87-59-15-10-11-17-61(59)119-75/h10-11,15,17-23,34,36-37,48,55,60,67,84H,12-14,16,24-33,35,38-47H2,1-9H3,(H9-,81,82,85,86,87,89,90,92,94,101,104,105,106,107,108,109,110,111)/p+1/t55-,60-,67-,77?,78?,79?,80?/m0/s1. The predicted octanol–water partition coefficient (Wildman–Crippen LogP) is 6.39. The number of ether oxygens (including phenoxy) is 5. The lowest BCUT2D eigenvalue weighted by molar-refractivity contribution is -0.904. The van der Waals surface area contributed by atoms with E-state index in [9.17, 15) is 61.8 Å². The van der Waals surface area contributed by atoms with Crippen molar-refractivity contribution in [1.82, 2.24) is 75.2 Å². The van der Waals surface area contributed by atoms with Gasteiger partial charge in [0.2, 0.25) is 17.7 Å². The van der Waals surface area contributed by atoms with Crippen LogP contribution in [0.25, 0.3) is 21.3 Å². The monoisotopic (exact) mass is 1700 g/mol. The first-order valence-electron chi connectivity index (χ1n) is 39.8. The van der Waals surface area contributed by atoms with E-state index in [1.54, 1.807) is 36.9 Å². The van der Waals surface area contributed by atoms with Gasteiger partial charge in [0.15, 0.2) is 22.5 Å². The molecule has 120 heavy (non-hydrogen) atoms. The zero-order valence-corrected chi connectivity index (χ0v) is 70.3. The van der Waals surface area contributed by atoms with Gasteiger partial charge in [0.05, 0.1) is 101 Å². The molecule has 4 bridgehead atoms. The summed E-state index contributed by atoms with van der Waals surface area (Å²) in [5, 5.41) is 58.4. The van der Waals surface area contributed by atoms with E-state index in [4.69, 9.17) is 49.6 Å². The number of aromatic nitrogens is 9. The number of primary amides is 1. The first kappa shape index (κ1) is 88.3. The molecule has 38 nitrogen and oxygen atoms in total. The number of para-hydroxylation sites is 1. The van der Waals surface area contributed by atoms with Gasteiger partial charge in [-0.25, -0.2) is 33.8 Å². The topological polar surface area (TPSA) is 491 Å². The summed E-state index contributed by atoms with van der Waals surface area (Å²) in [6, 6.07) is 12.7. The van der Waals surface area contributed by atoms with Gasteiger partial charge in [-0.1, -0.05) is 62.4 Å². The number of carbonyl (C=O) groups excluding carboxylic acids is 7. The highest BCUT2D eigenvalue weighted by Gasteiger charge is 2.74. The third-order valence-corrected chi connectivity index (χ3v) is 25.0. The number of hydrogen-bond donors (Lipinski definition) is 10. The third-order valence-electron chi connectivity index (χ3n) is 23.0. The molecule has 7 atom stereocenters. The number of imide groups is 1. The number of pyridine rings is 1. The minimum Gasteiger partial charge on any atom is -0.481 e. The second kappa shape index (κ2) is 37.3. The SMILES string of the molecule is COCCNS(=O)(=O)NC(=O)OC[C@H](CC(=O)O)n1cc(COCc2cc(NC(=O)[C@H](CCCNC(N)=O)NC(=O)[C@@H](NC(=O)CCOCCN3C(=O)C=CC3=O)C(C)C)ccc2C[N+](C)(C)CCOC23CC4(C)CC(C)(C2)C(Cn2ncc(-c5ccc(N6CCCc7c6nnc(Nc6nc8ccccc8s6)c7C)nc5C(=O)O)c2C)(C4)C3)nn1. The average molecular weight is 1700 g/mol. The Morgan fingerprint density at radius 2 is 1.62 bits per heavy atom. The normalized spacial score (nSPS) is 20.0. The van der Waals surface area contributed by atoms with Crippen molar-refractivity contribution >= 4 is 114 Å². The second-order valence-corrected chi connectivity index (χ2v) is 35.7. The number of thiazole rings is 1. The lowest BCUT2D eigenvalue weighted by Gasteiger charge is -2.46. The molecule has 11 N–H and O–H groups in total. The Morgan fingerprint density at radius 1 is 0.833 bits per heavy atom. The van der Waals surface area contributed by atoms with Gasteiger partial charge in [-0.15, -0.1) is 15.3 Å². The largest absolute Gasteiger partial charge is 0.481 e. The van der Waals surface area contributed by atoms with Crippen molar-refractivity contribution in [3.05, 3.63) is 118 Å². The lowest BCUT2D eigenvalue weighted by atomic mass is 9.65. The molecule has 0 spiro atoms. The number of rotatable bonds is 43. The quantitative estimate of drug-likeness (QED) is 0.0112. The molecule has 8 amide bonds. The van der Waals surface area contributed by atoms with Crippen LogP contribution in [-0.2, 0) is 95.4 Å². The Hall–Kier alpha value is -11.0. The van der Waals surface area contributed by atoms with E-state index in [-0.39, 0.29) is 99.6 Å². The molecule has 6 aliphatic rings. The molecule has 4 saturated carbocycles. The number of nitrogens with one attached hydrogen (secondary N) is 7. The van der Waals surface area contributed by atoms with Gasteiger partial charge in [0, 0.05) is 91.1 Å². The maximum Gasteiger partial charge on any atom is 0.421 e. The van der Waals surface area contributed by atoms with Crippen LogP contribution in [0.4, 0.5) is 37.9 Å². The molecule has 2 aromatic carbocycles. The summed E-state index contributed by atoms with van der Waals surface area (Å²) in [5.41, 5.74) is 11.3. The van der Waals surface area contributed by atoms with Crippen LogP contribution < -0.4 is 46.7 Å². The molecule has 4 unspecified atom stereocenters. The van der Waals surface area contributed by atoms with E-state index < -0.39 is 106 Å². The molecular formula is C80H105N20O18S2+. The van der Waals surface area contributed by atoms with E-state index in [1.807, 2.05) is 65.9 Å². The number of amides is 8. The van der Waals surface area contributed by atoms with E-state index in [0.717, 1.165) is 99.3 Å². The number of fused-ring (bicyclic) bond motifs is 2. The average Bonchev–Trinajstić information content (AvgIpc) is 1.50. The Kier molecular flexibility index (Phi) is 27.5. The van der Waals surface area contributed by atoms with Crippen LogP contribution in [-0.4, -0.2) is 231 Å². The number of carboxylic acids is 2. The number of likely N-dealkylation sites (N-methyl/N-ethyl adjacent to an activating group) is 1. The predicted molar refractivity (Wildman–Crippen MR) is 438 cm³/mol. The highest BCUT2D eigenvalue weighted by Crippen LogP contribution is 2.78. The van der Waals surface area contributed by atoms with E-state index >= 15 is 0 Å². The molecule has 644 valence electrons. The maximum atomic E-state index is 14.6. The van der Waals surface area contributed by atoms with Crippen molar-refractivity contribution in [2.45, 2.75) is 162 Å². The zero-order chi connectivity index (χ0) is 86.1. The number of hydrogen-bond acceptors (Lipinski definition) is 26. The van der Waals surface area contributed by atoms with Gasteiger partial charge in [-0.3, -0.25) is 38.3 Å². The van der Waals surface area contributed by atoms with Crippen LogP contribution in [0.3, 0.4) is 0 Å². The summed E-state index contributed by atoms with van der Waals surface area (Å²) in [6.45, 7) is 13.7. The van der Waals surface area contributed by atoms with Crippen LogP contribution in [0.5, 0.6) is 0 Å². The van der Waals surface area contributed by atoms with Gasteiger partial charge in [-0.2, -0.15) is 18.2 Å². The summed E-state index contributed by atoms with van der Waals surface area (Å²) in [4.78, 5) is 128. The zero-order valence-electron chi connectivity index (χ0n) is 68.7. The highest BCUT2D eigenvalue weighted by atomic mass is 32.2. The molecule has 7 heterocycles. The Balaban J connectivity index is 0.726. The van der Waals surface area contributed by atoms with Crippen LogP contribution in [0.15, 0.2) is 79.1 Å². The van der Waals surface area contributed by atoms with Crippen molar-refractivity contribution in [2.24, 2.45) is 27.9 Å². The number of quaternary nitrogens is 1. The van der Waals surface area contributed by atoms with Gasteiger partial charge in [0.1, 0.15) is 43.3 Å². The Morgan fingerprint density at radius 3 is 2.36 bits per heavy atom. The fourth-order valence-electron chi connectivity index (χ4n) is 17.8. The summed E-state index contributed by atoms with van der Waals surface area (Å²) in [6.07, 6.45) is 9.59. The van der Waals surface area contributed by atoms with Crippen LogP contribution in [0, 0.1) is 36.0 Å². The Labute approximate surface area is 697 Å². The molecular weight excluding hydrogens is 1590 g/mol. The number of benzene rings is 2. The van der Waals surface area contributed by atoms with Crippen LogP contribution in [0.1, 0.15) is 142 Å². The number of nitrogens with zero attached hydrogens (tertiary/aromatic N) is 12. The van der Waals surface area contributed by atoms with Gasteiger partial charge >= 0.3 is 34.3 Å². The van der Waals surface area contributed by atoms with Crippen molar-refractivity contribution in [2.75, 3.05) is 102 Å². The smallest absolute Gasteiger partial charge is 0.421 e. The van der Waals surface area contributed by atoms with Crippen molar-refractivity contribution in [3.8, 4) is 11.1 Å². The molecule has 13 rings (SSSR count). The van der Waals surface area contributed by atoms with E-state index in [1.165, 1.54) is 24.6 Å². The number of aromatic carboxylic acids is 1. The van der Waals surface area contributed by atoms with Crippen LogP contribution in [0.2, 0.25) is 0 Å². The fourth-order valence-corrected chi connectivity index (χ4v) is 19.3. The number of methoxy groups -OCH3 is 1. The number of aliphatic carboxylic acids is 1. The van der Waals surface area contributed by atoms with Crippen molar-refractivity contribution in [3.63, 3.8) is 0 Å². The number of carbonyl (C=O) groups is 9. The van der Waals surface area contributed by atoms with Crippen molar-refractivity contribution in [1.29, 1.82) is 0 Å². The lowest BCUT2D eigenvalue weighted by Crippen LogP contribution is -2.54. The number of nitrogens with two attached hydrogens (primary N) is 1. The molecule has 40 heteroatoms. The number of carboxylic acid groups (broad SMARTS) is 2. The Bertz CT molecular complexity index is 5120. The molecule has 2 aliphatic heterocycles. The molecule has 5 aromatic heterocycles. The van der Waals surface area contributed by atoms with Gasteiger partial charge in [0.25, 0.3) is 11.8 Å². The maximum absolute atomic E-state index is 14.6. The highest BCUT2D eigenvalue weighted by molar-refractivity contribution is 7.88. The molecule has 0 saturated heterocycles. The van der Waals surface area contributed by atoms with Gasteiger partial charge < -0.3 is 75.6 Å². The van der Waals surface area contributed by atoms with E-state index in [0.29, 0.717) is 82.2 Å². The third kappa shape index (κ3) is 21.2. The summed E-state index contributed by atoms with van der Waals surface area (Å²) in [5.74, 6) is -4.00. The van der Waals surface area contributed by atoms with Gasteiger partial charge in [-0.05, 0) is 136 Å². The second-order valence-electron chi connectivity index (χ2n) is 33.2. The fraction of sp³-hybridized carbons (Fsp3) is 0.525. The molecule has 0 radical (unpaired) electrons. The van der Waals surface area contributed by atoms with E-state index in [2.05, 4.69) is 74.7 Å². The summed E-state index contributed by atoms with van der Waals surface area (Å²) >= 11 is 1.53. The summed E-state index contributed by atoms with van der Waals surface area (Å²) in [7, 11) is 1.19. The van der Waals surface area contributed by atoms with Crippen molar-refractivity contribution < 1.29 is 89.9 Å². The number of anilines is 5.